The minimum absolute atomic E-state index is 0.343. The van der Waals surface area contributed by atoms with E-state index in [1.165, 1.54) is 0 Å². The van der Waals surface area contributed by atoms with Gasteiger partial charge in [-0.25, -0.2) is 0 Å². The van der Waals surface area contributed by atoms with E-state index >= 15 is 0 Å². The van der Waals surface area contributed by atoms with Crippen molar-refractivity contribution >= 4 is 28.9 Å². The number of ether oxygens (including phenoxy) is 1. The van der Waals surface area contributed by atoms with Crippen molar-refractivity contribution in [1.82, 2.24) is 0 Å². The normalized spacial score (nSPS) is 10.2. The molecule has 4 heteroatoms. The molecule has 0 saturated heterocycles. The summed E-state index contributed by atoms with van der Waals surface area (Å²) in [5, 5.41) is 0.985. The average molecular weight is 268 g/mol. The highest BCUT2D eigenvalue weighted by Crippen LogP contribution is 2.33. The largest absolute Gasteiger partial charge is 0.486 e. The lowest BCUT2D eigenvalue weighted by molar-refractivity contribution is 0.307. The third-order valence-electron chi connectivity index (χ3n) is 2.35. The summed E-state index contributed by atoms with van der Waals surface area (Å²) >= 11 is 12.0. The highest BCUT2D eigenvalue weighted by Gasteiger charge is 2.07. The molecule has 0 bridgehead atoms. The van der Waals surface area contributed by atoms with Crippen LogP contribution in [0.1, 0.15) is 5.56 Å². The Balaban J connectivity index is 2.16. The molecule has 2 aromatic rings. The molecule has 0 heterocycles. The van der Waals surface area contributed by atoms with Gasteiger partial charge in [-0.15, -0.1) is 0 Å². The Hall–Kier alpha value is -1.38. The van der Waals surface area contributed by atoms with E-state index in [0.717, 1.165) is 5.56 Å². The Kier molecular flexibility index (Phi) is 3.77. The second kappa shape index (κ2) is 5.30. The molecular weight excluding hydrogens is 257 g/mol. The van der Waals surface area contributed by atoms with Gasteiger partial charge in [-0.2, -0.15) is 0 Å². The molecular formula is C13H11Cl2NO. The Bertz CT molecular complexity index is 508. The minimum Gasteiger partial charge on any atom is -0.486 e. The molecule has 2 rings (SSSR count). The van der Waals surface area contributed by atoms with Crippen molar-refractivity contribution < 1.29 is 4.74 Å². The molecule has 2 N–H and O–H groups in total. The fourth-order valence-corrected chi connectivity index (χ4v) is 1.94. The second-order valence-electron chi connectivity index (χ2n) is 3.54. The van der Waals surface area contributed by atoms with Gasteiger partial charge < -0.3 is 10.5 Å². The average Bonchev–Trinajstić information content (AvgIpc) is 2.30. The number of para-hydroxylation sites is 2. The van der Waals surface area contributed by atoms with Crippen LogP contribution in [0.15, 0.2) is 42.5 Å². The predicted molar refractivity (Wildman–Crippen MR) is 71.6 cm³/mol. The summed E-state index contributed by atoms with van der Waals surface area (Å²) in [6.07, 6.45) is 0. The van der Waals surface area contributed by atoms with Crippen molar-refractivity contribution in [2.75, 3.05) is 5.73 Å². The van der Waals surface area contributed by atoms with Gasteiger partial charge in [-0.05, 0) is 18.2 Å². The third-order valence-corrected chi connectivity index (χ3v) is 2.94. The first-order valence-corrected chi connectivity index (χ1v) is 5.84. The molecule has 0 saturated carbocycles. The Morgan fingerprint density at radius 1 is 0.941 bits per heavy atom. The van der Waals surface area contributed by atoms with Gasteiger partial charge >= 0.3 is 0 Å². The molecule has 2 aromatic carbocycles. The lowest BCUT2D eigenvalue weighted by Crippen LogP contribution is -2.00. The van der Waals surface area contributed by atoms with Gasteiger partial charge in [0, 0.05) is 11.3 Å². The number of benzene rings is 2. The van der Waals surface area contributed by atoms with Crippen molar-refractivity contribution in [3.8, 4) is 5.75 Å². The molecule has 88 valence electrons. The number of rotatable bonds is 3. The molecule has 0 spiro atoms. The van der Waals surface area contributed by atoms with Crippen LogP contribution in [-0.2, 0) is 6.61 Å². The number of hydrogen-bond acceptors (Lipinski definition) is 2. The van der Waals surface area contributed by atoms with Crippen molar-refractivity contribution in [3.05, 3.63) is 58.1 Å². The van der Waals surface area contributed by atoms with Crippen molar-refractivity contribution in [2.24, 2.45) is 0 Å². The van der Waals surface area contributed by atoms with Gasteiger partial charge in [0.1, 0.15) is 6.61 Å². The van der Waals surface area contributed by atoms with Crippen LogP contribution in [0.4, 0.5) is 5.69 Å². The maximum absolute atomic E-state index is 5.99. The standard InChI is InChI=1S/C13H11Cl2NO/c14-10-5-3-6-11(15)13(10)17-8-9-4-1-2-7-12(9)16/h1-7H,8,16H2. The first kappa shape index (κ1) is 12.1. The minimum atomic E-state index is 0.343. The first-order valence-electron chi connectivity index (χ1n) is 5.08. The number of nitrogens with two attached hydrogens (primary N) is 1. The second-order valence-corrected chi connectivity index (χ2v) is 4.35. The number of hydrogen-bond donors (Lipinski definition) is 1. The van der Waals surface area contributed by atoms with E-state index in [1.807, 2.05) is 24.3 Å². The Morgan fingerprint density at radius 2 is 1.59 bits per heavy atom. The lowest BCUT2D eigenvalue weighted by Gasteiger charge is -2.10. The van der Waals surface area contributed by atoms with Crippen LogP contribution in [0.2, 0.25) is 10.0 Å². The number of halogens is 2. The highest BCUT2D eigenvalue weighted by atomic mass is 35.5. The fraction of sp³-hybridized carbons (Fsp3) is 0.0769. The van der Waals surface area contributed by atoms with Gasteiger partial charge in [0.25, 0.3) is 0 Å². The molecule has 0 amide bonds. The van der Waals surface area contributed by atoms with Crippen molar-refractivity contribution in [1.29, 1.82) is 0 Å². The maximum atomic E-state index is 5.99. The lowest BCUT2D eigenvalue weighted by atomic mass is 10.2. The molecule has 17 heavy (non-hydrogen) atoms. The molecule has 0 aliphatic rings. The van der Waals surface area contributed by atoms with Crippen LogP contribution < -0.4 is 10.5 Å². The summed E-state index contributed by atoms with van der Waals surface area (Å²) in [4.78, 5) is 0. The predicted octanol–water partition coefficient (Wildman–Crippen LogP) is 4.15. The van der Waals surface area contributed by atoms with E-state index in [2.05, 4.69) is 0 Å². The van der Waals surface area contributed by atoms with Crippen LogP contribution in [-0.4, -0.2) is 0 Å². The van der Waals surface area contributed by atoms with Crippen LogP contribution >= 0.6 is 23.2 Å². The smallest absolute Gasteiger partial charge is 0.156 e. The fourth-order valence-electron chi connectivity index (χ4n) is 1.44. The van der Waals surface area contributed by atoms with Gasteiger partial charge in [0.2, 0.25) is 0 Å². The molecule has 0 atom stereocenters. The zero-order valence-corrected chi connectivity index (χ0v) is 10.5. The first-order chi connectivity index (χ1) is 8.18. The molecule has 2 nitrogen and oxygen atoms in total. The van der Waals surface area contributed by atoms with Crippen molar-refractivity contribution in [3.63, 3.8) is 0 Å². The summed E-state index contributed by atoms with van der Waals surface area (Å²) in [6, 6.07) is 12.8. The monoisotopic (exact) mass is 267 g/mol. The van der Waals surface area contributed by atoms with Gasteiger partial charge in [0.05, 0.1) is 10.0 Å². The molecule has 0 aromatic heterocycles. The molecule has 0 unspecified atom stereocenters. The van der Waals surface area contributed by atoms with E-state index < -0.39 is 0 Å². The van der Waals surface area contributed by atoms with Crippen molar-refractivity contribution in [2.45, 2.75) is 6.61 Å². The Morgan fingerprint density at radius 3 is 2.24 bits per heavy atom. The highest BCUT2D eigenvalue weighted by molar-refractivity contribution is 6.37. The maximum Gasteiger partial charge on any atom is 0.156 e. The number of anilines is 1. The van der Waals surface area contributed by atoms with E-state index in [4.69, 9.17) is 33.7 Å². The van der Waals surface area contributed by atoms with Gasteiger partial charge in [-0.1, -0.05) is 47.5 Å². The quantitative estimate of drug-likeness (QED) is 0.848. The van der Waals surface area contributed by atoms with Crippen LogP contribution in [0.5, 0.6) is 5.75 Å². The molecule has 0 radical (unpaired) electrons. The SMILES string of the molecule is Nc1ccccc1COc1c(Cl)cccc1Cl. The van der Waals surface area contributed by atoms with Crippen LogP contribution in [0.25, 0.3) is 0 Å². The summed E-state index contributed by atoms with van der Waals surface area (Å²) in [5.41, 5.74) is 7.41. The van der Waals surface area contributed by atoms with Crippen LogP contribution in [0.3, 0.4) is 0 Å². The van der Waals surface area contributed by atoms with Gasteiger partial charge in [0.15, 0.2) is 5.75 Å². The van der Waals surface area contributed by atoms with E-state index in [-0.39, 0.29) is 0 Å². The summed E-state index contributed by atoms with van der Waals surface area (Å²) in [6.45, 7) is 0.343. The Labute approximate surface area is 110 Å². The van der Waals surface area contributed by atoms with E-state index in [9.17, 15) is 0 Å². The summed E-state index contributed by atoms with van der Waals surface area (Å²) < 4.78 is 5.59. The number of nitrogen functional groups attached to an aromatic ring is 1. The molecule has 0 fully saturated rings. The van der Waals surface area contributed by atoms with Gasteiger partial charge in [-0.3, -0.25) is 0 Å². The van der Waals surface area contributed by atoms with E-state index in [1.54, 1.807) is 18.2 Å². The van der Waals surface area contributed by atoms with E-state index in [0.29, 0.717) is 28.1 Å². The zero-order chi connectivity index (χ0) is 12.3. The summed E-state index contributed by atoms with van der Waals surface area (Å²) in [5.74, 6) is 0.485. The zero-order valence-electron chi connectivity index (χ0n) is 8.99. The molecule has 0 aliphatic heterocycles. The van der Waals surface area contributed by atoms with Crippen LogP contribution in [0, 0.1) is 0 Å². The third kappa shape index (κ3) is 2.84. The topological polar surface area (TPSA) is 35.2 Å². The molecule has 0 aliphatic carbocycles. The summed E-state index contributed by atoms with van der Waals surface area (Å²) in [7, 11) is 0.